The molecule has 3 heteroatoms. The maximum atomic E-state index is 11.1. The fourth-order valence-corrected chi connectivity index (χ4v) is 5.78. The van der Waals surface area contributed by atoms with Crippen LogP contribution in [0.4, 0.5) is 0 Å². The minimum absolute atomic E-state index is 0.124. The predicted octanol–water partition coefficient (Wildman–Crippen LogP) is 7.91. The van der Waals surface area contributed by atoms with Gasteiger partial charge in [-0.05, 0) is 65.6 Å². The summed E-state index contributed by atoms with van der Waals surface area (Å²) < 4.78 is 0. The van der Waals surface area contributed by atoms with Gasteiger partial charge < -0.3 is 5.11 Å². The van der Waals surface area contributed by atoms with E-state index in [0.29, 0.717) is 5.75 Å². The summed E-state index contributed by atoms with van der Waals surface area (Å²) in [7, 11) is 0. The van der Waals surface area contributed by atoms with Crippen LogP contribution in [0.15, 0.2) is 36.4 Å². The third-order valence-electron chi connectivity index (χ3n) is 5.17. The first-order valence-electron chi connectivity index (χ1n) is 9.88. The zero-order valence-corrected chi connectivity index (χ0v) is 19.9. The van der Waals surface area contributed by atoms with Gasteiger partial charge in [0.25, 0.3) is 0 Å². The molecule has 0 saturated heterocycles. The van der Waals surface area contributed by atoms with Gasteiger partial charge in [-0.15, -0.1) is 22.7 Å². The average molecular weight is 413 g/mol. The first-order chi connectivity index (χ1) is 12.9. The van der Waals surface area contributed by atoms with Crippen molar-refractivity contribution in [1.82, 2.24) is 0 Å². The van der Waals surface area contributed by atoms with Crippen LogP contribution in [0.2, 0.25) is 0 Å². The van der Waals surface area contributed by atoms with Crippen LogP contribution >= 0.6 is 22.7 Å². The van der Waals surface area contributed by atoms with E-state index in [4.69, 9.17) is 0 Å². The van der Waals surface area contributed by atoms with Crippen LogP contribution < -0.4 is 0 Å². The van der Waals surface area contributed by atoms with Gasteiger partial charge in [-0.25, -0.2) is 0 Å². The Balaban J connectivity index is 2.31. The highest BCUT2D eigenvalue weighted by Gasteiger charge is 2.29. The number of hydrogen-bond acceptors (Lipinski definition) is 3. The summed E-state index contributed by atoms with van der Waals surface area (Å²) in [6.45, 7) is 17.4. The molecule has 0 spiro atoms. The first-order valence-corrected chi connectivity index (χ1v) is 11.5. The lowest BCUT2D eigenvalue weighted by Crippen LogP contribution is -2.18. The fraction of sp³-hybridized carbons (Fsp3) is 0.440. The van der Waals surface area contributed by atoms with Gasteiger partial charge in [0.2, 0.25) is 0 Å². The molecule has 0 saturated carbocycles. The summed E-state index contributed by atoms with van der Waals surface area (Å²) in [4.78, 5) is 5.40. The number of phenols is 1. The molecule has 3 rings (SSSR count). The van der Waals surface area contributed by atoms with Crippen molar-refractivity contribution in [2.75, 3.05) is 0 Å². The molecule has 28 heavy (non-hydrogen) atoms. The van der Waals surface area contributed by atoms with E-state index in [0.717, 1.165) is 11.1 Å². The average Bonchev–Trinajstić information content (AvgIpc) is 3.16. The molecule has 150 valence electrons. The number of rotatable bonds is 3. The van der Waals surface area contributed by atoms with Crippen LogP contribution in [0.25, 0.3) is 0 Å². The topological polar surface area (TPSA) is 20.2 Å². The highest BCUT2D eigenvalue weighted by molar-refractivity contribution is 7.13. The van der Waals surface area contributed by atoms with Gasteiger partial charge in [-0.1, -0.05) is 53.7 Å². The Morgan fingerprint density at radius 2 is 1.11 bits per heavy atom. The van der Waals surface area contributed by atoms with Crippen molar-refractivity contribution in [2.45, 2.75) is 72.1 Å². The Labute approximate surface area is 178 Å². The molecule has 0 radical (unpaired) electrons. The normalized spacial score (nSPS) is 12.8. The zero-order valence-electron chi connectivity index (χ0n) is 18.3. The van der Waals surface area contributed by atoms with Crippen molar-refractivity contribution in [1.29, 1.82) is 0 Å². The Morgan fingerprint density at radius 1 is 0.714 bits per heavy atom. The van der Waals surface area contributed by atoms with E-state index in [1.54, 1.807) is 0 Å². The molecule has 0 aliphatic rings. The molecule has 1 N–H and O–H groups in total. The maximum Gasteiger partial charge on any atom is 0.123 e. The van der Waals surface area contributed by atoms with Crippen molar-refractivity contribution in [3.05, 3.63) is 72.6 Å². The lowest BCUT2D eigenvalue weighted by atomic mass is 9.76. The molecule has 2 aromatic heterocycles. The van der Waals surface area contributed by atoms with Gasteiger partial charge in [0.05, 0.1) is 5.92 Å². The van der Waals surface area contributed by atoms with E-state index in [9.17, 15) is 5.11 Å². The Morgan fingerprint density at radius 3 is 1.39 bits per heavy atom. The van der Waals surface area contributed by atoms with E-state index in [-0.39, 0.29) is 16.7 Å². The van der Waals surface area contributed by atoms with Crippen LogP contribution in [0, 0.1) is 13.8 Å². The van der Waals surface area contributed by atoms with Crippen LogP contribution in [-0.4, -0.2) is 5.11 Å². The molecule has 0 aliphatic carbocycles. The summed E-state index contributed by atoms with van der Waals surface area (Å²) in [5.41, 5.74) is 3.09. The van der Waals surface area contributed by atoms with Crippen molar-refractivity contribution >= 4 is 22.7 Å². The lowest BCUT2D eigenvalue weighted by molar-refractivity contribution is 0.422. The second-order valence-corrected chi connectivity index (χ2v) is 12.4. The number of hydrogen-bond donors (Lipinski definition) is 1. The van der Waals surface area contributed by atoms with E-state index in [1.165, 1.54) is 25.1 Å². The van der Waals surface area contributed by atoms with Gasteiger partial charge in [0, 0.05) is 19.5 Å². The number of aromatic hydroxyl groups is 1. The number of phenolic OH excluding ortho intramolecular Hbond substituents is 1. The van der Waals surface area contributed by atoms with Crippen LogP contribution in [0.5, 0.6) is 5.75 Å². The van der Waals surface area contributed by atoms with E-state index in [1.807, 2.05) is 22.7 Å². The molecule has 3 aromatic rings. The Kier molecular flexibility index (Phi) is 5.55. The second kappa shape index (κ2) is 7.35. The number of thiophene rings is 2. The van der Waals surface area contributed by atoms with Crippen molar-refractivity contribution < 1.29 is 5.11 Å². The monoisotopic (exact) mass is 412 g/mol. The molecule has 2 heterocycles. The smallest absolute Gasteiger partial charge is 0.123 e. The lowest BCUT2D eigenvalue weighted by Gasteiger charge is -2.29. The van der Waals surface area contributed by atoms with Crippen molar-refractivity contribution in [3.8, 4) is 5.75 Å². The van der Waals surface area contributed by atoms with E-state index < -0.39 is 0 Å². The summed E-state index contributed by atoms with van der Waals surface area (Å²) in [5.74, 6) is 0.660. The standard InChI is InChI=1S/C25H32OS2/c1-15-9-11-20(27-15)22(21-12-10-16(2)28-21)17-13-18(24(3,4)5)23(26)19(14-17)25(6,7)8/h9-14,22,26H,1-8H3. The quantitative estimate of drug-likeness (QED) is 0.463. The van der Waals surface area contributed by atoms with Gasteiger partial charge in [0.15, 0.2) is 0 Å². The summed E-state index contributed by atoms with van der Waals surface area (Å²) >= 11 is 3.74. The van der Waals surface area contributed by atoms with Gasteiger partial charge in [-0.3, -0.25) is 0 Å². The zero-order chi connectivity index (χ0) is 20.9. The molecular weight excluding hydrogens is 380 g/mol. The van der Waals surface area contributed by atoms with Crippen LogP contribution in [0.1, 0.15) is 83.7 Å². The van der Waals surface area contributed by atoms with Crippen LogP contribution in [0.3, 0.4) is 0 Å². The highest BCUT2D eigenvalue weighted by atomic mass is 32.1. The van der Waals surface area contributed by atoms with E-state index in [2.05, 4.69) is 91.8 Å². The minimum atomic E-state index is -0.124. The van der Waals surface area contributed by atoms with Crippen LogP contribution in [-0.2, 0) is 10.8 Å². The van der Waals surface area contributed by atoms with Gasteiger partial charge >= 0.3 is 0 Å². The van der Waals surface area contributed by atoms with E-state index >= 15 is 0 Å². The maximum absolute atomic E-state index is 11.1. The first kappa shape index (κ1) is 21.1. The predicted molar refractivity (Wildman–Crippen MR) is 125 cm³/mol. The molecular formula is C25H32OS2. The number of aryl methyl sites for hydroxylation is 2. The second-order valence-electron chi connectivity index (χ2n) is 9.79. The fourth-order valence-electron chi connectivity index (χ4n) is 3.65. The Bertz CT molecular complexity index is 901. The largest absolute Gasteiger partial charge is 0.507 e. The third-order valence-corrected chi connectivity index (χ3v) is 7.30. The molecule has 0 amide bonds. The van der Waals surface area contributed by atoms with Crippen molar-refractivity contribution in [2.24, 2.45) is 0 Å². The summed E-state index contributed by atoms with van der Waals surface area (Å²) in [6, 6.07) is 13.4. The molecule has 1 aromatic carbocycles. The molecule has 0 aliphatic heterocycles. The highest BCUT2D eigenvalue weighted by Crippen LogP contribution is 2.45. The van der Waals surface area contributed by atoms with Gasteiger partial charge in [0.1, 0.15) is 5.75 Å². The molecule has 0 fully saturated rings. The summed E-state index contributed by atoms with van der Waals surface area (Å²) in [5, 5.41) is 11.1. The molecule has 0 atom stereocenters. The SMILES string of the molecule is Cc1ccc(C(c2cc(C(C)(C)C)c(O)c(C(C)(C)C)c2)c2ccc(C)s2)s1. The molecule has 0 bridgehead atoms. The van der Waals surface area contributed by atoms with Crippen molar-refractivity contribution in [3.63, 3.8) is 0 Å². The summed E-state index contributed by atoms with van der Waals surface area (Å²) in [6.07, 6.45) is 0. The van der Waals surface area contributed by atoms with Gasteiger partial charge in [-0.2, -0.15) is 0 Å². The minimum Gasteiger partial charge on any atom is -0.507 e. The Hall–Kier alpha value is -1.58. The third kappa shape index (κ3) is 4.21. The number of benzene rings is 1. The molecule has 1 nitrogen and oxygen atoms in total. The molecule has 0 unspecified atom stereocenters.